The summed E-state index contributed by atoms with van der Waals surface area (Å²) in [6, 6.07) is 6.84. The van der Waals surface area contributed by atoms with Gasteiger partial charge in [-0.3, -0.25) is 4.79 Å². The lowest BCUT2D eigenvalue weighted by atomic mass is 10.0. The molecule has 0 aromatic heterocycles. The van der Waals surface area contributed by atoms with Crippen LogP contribution in [0.3, 0.4) is 0 Å². The number of hydrogen-bond acceptors (Lipinski definition) is 4. The van der Waals surface area contributed by atoms with Crippen LogP contribution in [0.5, 0.6) is 0 Å². The lowest BCUT2D eigenvalue weighted by molar-refractivity contribution is -0.136. The lowest BCUT2D eigenvalue weighted by Gasteiger charge is -2.09. The van der Waals surface area contributed by atoms with Gasteiger partial charge in [0, 0.05) is 6.42 Å². The number of ether oxygens (including phenoxy) is 2. The molecule has 20 heavy (non-hydrogen) atoms. The molecule has 0 bridgehead atoms. The van der Waals surface area contributed by atoms with Crippen molar-refractivity contribution in [2.75, 3.05) is 19.8 Å². The second-order valence-corrected chi connectivity index (χ2v) is 4.05. The van der Waals surface area contributed by atoms with E-state index in [1.54, 1.807) is 30.3 Å². The average Bonchev–Trinajstić information content (AvgIpc) is 2.45. The van der Waals surface area contributed by atoms with E-state index in [1.807, 2.05) is 0 Å². The van der Waals surface area contributed by atoms with E-state index in [4.69, 9.17) is 14.6 Å². The molecule has 0 aliphatic rings. The molecule has 1 rings (SSSR count). The van der Waals surface area contributed by atoms with Gasteiger partial charge >= 0.3 is 11.9 Å². The first kappa shape index (κ1) is 15.9. The zero-order chi connectivity index (χ0) is 14.8. The van der Waals surface area contributed by atoms with Crippen LogP contribution in [0.15, 0.2) is 36.9 Å². The molecule has 0 aliphatic carbocycles. The van der Waals surface area contributed by atoms with Crippen molar-refractivity contribution in [3.8, 4) is 0 Å². The highest BCUT2D eigenvalue weighted by Crippen LogP contribution is 2.12. The molecule has 0 unspecified atom stereocenters. The number of benzene rings is 1. The summed E-state index contributed by atoms with van der Waals surface area (Å²) >= 11 is 0. The Balaban J connectivity index is 2.53. The first-order valence-electron chi connectivity index (χ1n) is 6.30. The van der Waals surface area contributed by atoms with Crippen LogP contribution in [0, 0.1) is 0 Å². The Labute approximate surface area is 117 Å². The molecule has 0 saturated heterocycles. The van der Waals surface area contributed by atoms with Gasteiger partial charge in [0.2, 0.25) is 0 Å². The molecule has 0 atom stereocenters. The van der Waals surface area contributed by atoms with Crippen LogP contribution >= 0.6 is 0 Å². The third-order valence-corrected chi connectivity index (χ3v) is 2.54. The molecule has 0 fully saturated rings. The molecule has 1 aromatic carbocycles. The van der Waals surface area contributed by atoms with Gasteiger partial charge in [-0.1, -0.05) is 24.3 Å². The Morgan fingerprint density at radius 3 is 2.70 bits per heavy atom. The van der Waals surface area contributed by atoms with E-state index in [0.717, 1.165) is 0 Å². The van der Waals surface area contributed by atoms with Crippen molar-refractivity contribution in [2.45, 2.75) is 12.8 Å². The zero-order valence-electron chi connectivity index (χ0n) is 11.2. The van der Waals surface area contributed by atoms with Crippen molar-refractivity contribution in [1.29, 1.82) is 0 Å². The van der Waals surface area contributed by atoms with Crippen molar-refractivity contribution in [3.05, 3.63) is 48.0 Å². The minimum absolute atomic E-state index is 0.0211. The first-order valence-corrected chi connectivity index (χ1v) is 6.30. The second kappa shape index (κ2) is 8.87. The Hall–Kier alpha value is -2.14. The van der Waals surface area contributed by atoms with Gasteiger partial charge in [-0.05, 0) is 18.1 Å². The largest absolute Gasteiger partial charge is 0.481 e. The maximum Gasteiger partial charge on any atom is 0.338 e. The Morgan fingerprint density at radius 2 is 2.00 bits per heavy atom. The van der Waals surface area contributed by atoms with Crippen LogP contribution in [0.1, 0.15) is 22.3 Å². The fourth-order valence-corrected chi connectivity index (χ4v) is 1.62. The molecular weight excluding hydrogens is 260 g/mol. The summed E-state index contributed by atoms with van der Waals surface area (Å²) in [5.41, 5.74) is 1.07. The van der Waals surface area contributed by atoms with Gasteiger partial charge in [-0.2, -0.15) is 0 Å². The van der Waals surface area contributed by atoms with E-state index in [-0.39, 0.29) is 13.0 Å². The SMILES string of the molecule is C=CCOCCOC(=O)c1ccccc1CCC(=O)O. The molecule has 0 amide bonds. The van der Waals surface area contributed by atoms with Crippen molar-refractivity contribution < 1.29 is 24.2 Å². The predicted molar refractivity (Wildman–Crippen MR) is 73.7 cm³/mol. The summed E-state index contributed by atoms with van der Waals surface area (Å²) in [5, 5.41) is 8.69. The quantitative estimate of drug-likeness (QED) is 0.425. The third-order valence-electron chi connectivity index (χ3n) is 2.54. The maximum absolute atomic E-state index is 11.9. The van der Waals surface area contributed by atoms with Gasteiger partial charge < -0.3 is 14.6 Å². The van der Waals surface area contributed by atoms with E-state index in [9.17, 15) is 9.59 Å². The van der Waals surface area contributed by atoms with Crippen molar-refractivity contribution in [1.82, 2.24) is 0 Å². The molecule has 0 radical (unpaired) electrons. The molecule has 1 N–H and O–H groups in total. The van der Waals surface area contributed by atoms with Gasteiger partial charge in [0.05, 0.1) is 18.8 Å². The third kappa shape index (κ3) is 5.67. The predicted octanol–water partition coefficient (Wildman–Crippen LogP) is 2.06. The van der Waals surface area contributed by atoms with E-state index >= 15 is 0 Å². The van der Waals surface area contributed by atoms with Crippen LogP contribution < -0.4 is 0 Å². The fraction of sp³-hybridized carbons (Fsp3) is 0.333. The van der Waals surface area contributed by atoms with Crippen LogP contribution in [0.2, 0.25) is 0 Å². The summed E-state index contributed by atoms with van der Waals surface area (Å²) in [5.74, 6) is -1.36. The molecule has 5 nitrogen and oxygen atoms in total. The topological polar surface area (TPSA) is 72.8 Å². The van der Waals surface area contributed by atoms with Crippen LogP contribution in [-0.4, -0.2) is 36.9 Å². The molecule has 0 heterocycles. The van der Waals surface area contributed by atoms with Gasteiger partial charge in [-0.15, -0.1) is 6.58 Å². The highest BCUT2D eigenvalue weighted by Gasteiger charge is 2.12. The molecule has 1 aromatic rings. The standard InChI is InChI=1S/C15H18O5/c1-2-9-19-10-11-20-15(18)13-6-4-3-5-12(13)7-8-14(16)17/h2-6H,1,7-11H2,(H,16,17). The summed E-state index contributed by atoms with van der Waals surface area (Å²) in [7, 11) is 0. The number of carbonyl (C=O) groups is 2. The number of esters is 1. The second-order valence-electron chi connectivity index (χ2n) is 4.05. The summed E-state index contributed by atoms with van der Waals surface area (Å²) in [4.78, 5) is 22.5. The van der Waals surface area contributed by atoms with Gasteiger partial charge in [0.25, 0.3) is 0 Å². The monoisotopic (exact) mass is 278 g/mol. The van der Waals surface area contributed by atoms with E-state index in [2.05, 4.69) is 6.58 Å². The average molecular weight is 278 g/mol. The minimum Gasteiger partial charge on any atom is -0.481 e. The Bertz CT molecular complexity index is 467. The summed E-state index contributed by atoms with van der Waals surface area (Å²) in [6.07, 6.45) is 1.89. The van der Waals surface area contributed by atoms with E-state index in [0.29, 0.717) is 30.8 Å². The lowest BCUT2D eigenvalue weighted by Crippen LogP contribution is -2.13. The van der Waals surface area contributed by atoms with Gasteiger partial charge in [0.15, 0.2) is 0 Å². The first-order chi connectivity index (χ1) is 9.65. The molecular formula is C15H18O5. The molecule has 0 spiro atoms. The Kier molecular flexibility index (Phi) is 7.06. The normalized spacial score (nSPS) is 10.0. The molecule has 0 saturated carbocycles. The fourth-order valence-electron chi connectivity index (χ4n) is 1.62. The molecule has 5 heteroatoms. The van der Waals surface area contributed by atoms with Crippen LogP contribution in [0.25, 0.3) is 0 Å². The minimum atomic E-state index is -0.897. The van der Waals surface area contributed by atoms with Crippen LogP contribution in [-0.2, 0) is 20.7 Å². The number of aliphatic carboxylic acids is 1. The number of carbonyl (C=O) groups excluding carboxylic acids is 1. The summed E-state index contributed by atoms with van der Waals surface area (Å²) in [6.45, 7) is 4.37. The van der Waals surface area contributed by atoms with Crippen molar-refractivity contribution in [2.24, 2.45) is 0 Å². The van der Waals surface area contributed by atoms with E-state index in [1.165, 1.54) is 0 Å². The van der Waals surface area contributed by atoms with Crippen molar-refractivity contribution >= 4 is 11.9 Å². The highest BCUT2D eigenvalue weighted by atomic mass is 16.6. The Morgan fingerprint density at radius 1 is 1.25 bits per heavy atom. The highest BCUT2D eigenvalue weighted by molar-refractivity contribution is 5.91. The number of hydrogen-bond donors (Lipinski definition) is 1. The maximum atomic E-state index is 11.9. The van der Waals surface area contributed by atoms with Gasteiger partial charge in [-0.25, -0.2) is 4.79 Å². The van der Waals surface area contributed by atoms with Crippen LogP contribution in [0.4, 0.5) is 0 Å². The zero-order valence-corrected chi connectivity index (χ0v) is 11.2. The number of aryl methyl sites for hydroxylation is 1. The summed E-state index contributed by atoms with van der Waals surface area (Å²) < 4.78 is 10.2. The molecule has 0 aliphatic heterocycles. The smallest absolute Gasteiger partial charge is 0.338 e. The van der Waals surface area contributed by atoms with E-state index < -0.39 is 11.9 Å². The molecule has 108 valence electrons. The van der Waals surface area contributed by atoms with Crippen molar-refractivity contribution in [3.63, 3.8) is 0 Å². The number of carboxylic acids is 1. The number of rotatable bonds is 9. The van der Waals surface area contributed by atoms with Gasteiger partial charge in [0.1, 0.15) is 6.61 Å². The number of carboxylic acid groups (broad SMARTS) is 1.